The van der Waals surface area contributed by atoms with Gasteiger partial charge in [-0.05, 0) is 41.6 Å². The molecule has 2 rings (SSSR count). The van der Waals surface area contributed by atoms with E-state index in [9.17, 15) is 0 Å². The fraction of sp³-hybridized carbons (Fsp3) is 0.667. The second-order valence-electron chi connectivity index (χ2n) is 3.93. The van der Waals surface area contributed by atoms with Crippen LogP contribution in [-0.2, 0) is 13.5 Å². The Bertz CT molecular complexity index is 295. The maximum absolute atomic E-state index is 6.02. The van der Waals surface area contributed by atoms with Gasteiger partial charge in [0.1, 0.15) is 0 Å². The number of nitrogens with two attached hydrogens (primary N) is 1. The van der Waals surface area contributed by atoms with Gasteiger partial charge in [0, 0.05) is 12.6 Å². The standard InChI is InChI=1S/C9H14BrN3/c1-13-8(7(10)6-12-13)2-3-9(11)4-5-9/h6H,2-5,11H2,1H3. The second-order valence-corrected chi connectivity index (χ2v) is 4.78. The van der Waals surface area contributed by atoms with Crippen molar-refractivity contribution in [2.45, 2.75) is 31.2 Å². The molecule has 72 valence electrons. The molecule has 0 aromatic carbocycles. The SMILES string of the molecule is Cn1ncc(Br)c1CCC1(N)CC1. The quantitative estimate of drug-likeness (QED) is 0.877. The molecule has 0 bridgehead atoms. The van der Waals surface area contributed by atoms with E-state index in [1.165, 1.54) is 18.5 Å². The Balaban J connectivity index is 2.00. The smallest absolute Gasteiger partial charge is 0.0635 e. The van der Waals surface area contributed by atoms with Crippen molar-refractivity contribution >= 4 is 15.9 Å². The van der Waals surface area contributed by atoms with E-state index in [0.717, 1.165) is 17.3 Å². The summed E-state index contributed by atoms with van der Waals surface area (Å²) in [6.07, 6.45) is 6.30. The number of aryl methyl sites for hydroxylation is 1. The van der Waals surface area contributed by atoms with Gasteiger partial charge in [-0.3, -0.25) is 4.68 Å². The van der Waals surface area contributed by atoms with Crippen molar-refractivity contribution in [2.75, 3.05) is 0 Å². The first-order valence-corrected chi connectivity index (χ1v) is 5.35. The van der Waals surface area contributed by atoms with Crippen molar-refractivity contribution in [1.82, 2.24) is 9.78 Å². The van der Waals surface area contributed by atoms with E-state index in [4.69, 9.17) is 5.73 Å². The van der Waals surface area contributed by atoms with Gasteiger partial charge in [0.15, 0.2) is 0 Å². The number of hydrogen-bond acceptors (Lipinski definition) is 2. The summed E-state index contributed by atoms with van der Waals surface area (Å²) in [7, 11) is 1.97. The molecule has 1 aliphatic carbocycles. The molecule has 1 aliphatic rings. The van der Waals surface area contributed by atoms with E-state index in [1.54, 1.807) is 0 Å². The molecule has 1 heterocycles. The topological polar surface area (TPSA) is 43.8 Å². The van der Waals surface area contributed by atoms with Gasteiger partial charge in [-0.1, -0.05) is 0 Å². The average molecular weight is 244 g/mol. The third-order valence-electron chi connectivity index (χ3n) is 2.76. The highest BCUT2D eigenvalue weighted by Gasteiger charge is 2.37. The lowest BCUT2D eigenvalue weighted by atomic mass is 10.1. The van der Waals surface area contributed by atoms with Crippen LogP contribution in [0, 0.1) is 0 Å². The minimum Gasteiger partial charge on any atom is -0.325 e. The zero-order chi connectivity index (χ0) is 9.47. The Kier molecular flexibility index (Phi) is 2.20. The van der Waals surface area contributed by atoms with E-state index >= 15 is 0 Å². The second kappa shape index (κ2) is 3.10. The predicted octanol–water partition coefficient (Wildman–Crippen LogP) is 1.61. The minimum absolute atomic E-state index is 0.143. The Morgan fingerprint density at radius 3 is 2.85 bits per heavy atom. The highest BCUT2D eigenvalue weighted by molar-refractivity contribution is 9.10. The Labute approximate surface area is 86.4 Å². The van der Waals surface area contributed by atoms with Gasteiger partial charge in [0.2, 0.25) is 0 Å². The molecule has 0 saturated heterocycles. The van der Waals surface area contributed by atoms with Crippen LogP contribution >= 0.6 is 15.9 Å². The molecule has 0 aliphatic heterocycles. The fourth-order valence-corrected chi connectivity index (χ4v) is 2.04. The highest BCUT2D eigenvalue weighted by atomic mass is 79.9. The highest BCUT2D eigenvalue weighted by Crippen LogP contribution is 2.37. The van der Waals surface area contributed by atoms with Crippen LogP contribution < -0.4 is 5.73 Å². The van der Waals surface area contributed by atoms with Gasteiger partial charge in [-0.2, -0.15) is 5.10 Å². The zero-order valence-corrected chi connectivity index (χ0v) is 9.34. The molecule has 4 heteroatoms. The van der Waals surface area contributed by atoms with Gasteiger partial charge < -0.3 is 5.73 Å². The molecule has 0 atom stereocenters. The molecule has 2 N–H and O–H groups in total. The van der Waals surface area contributed by atoms with Crippen molar-refractivity contribution < 1.29 is 0 Å². The van der Waals surface area contributed by atoms with Crippen LogP contribution in [0.3, 0.4) is 0 Å². The van der Waals surface area contributed by atoms with Crippen molar-refractivity contribution in [3.05, 3.63) is 16.4 Å². The first-order chi connectivity index (χ1) is 6.11. The van der Waals surface area contributed by atoms with E-state index in [2.05, 4.69) is 21.0 Å². The Hall–Kier alpha value is -0.350. The van der Waals surface area contributed by atoms with E-state index < -0.39 is 0 Å². The third kappa shape index (κ3) is 1.94. The molecule has 1 saturated carbocycles. The van der Waals surface area contributed by atoms with Gasteiger partial charge >= 0.3 is 0 Å². The maximum atomic E-state index is 6.02. The van der Waals surface area contributed by atoms with Crippen LogP contribution in [0.15, 0.2) is 10.7 Å². The molecule has 1 aromatic rings. The lowest BCUT2D eigenvalue weighted by Gasteiger charge is -2.08. The molecule has 0 radical (unpaired) electrons. The predicted molar refractivity (Wildman–Crippen MR) is 55.4 cm³/mol. The number of nitrogens with zero attached hydrogens (tertiary/aromatic N) is 2. The summed E-state index contributed by atoms with van der Waals surface area (Å²) in [6, 6.07) is 0. The fourth-order valence-electron chi connectivity index (χ4n) is 1.50. The van der Waals surface area contributed by atoms with Crippen LogP contribution in [0.2, 0.25) is 0 Å². The molecule has 0 spiro atoms. The summed E-state index contributed by atoms with van der Waals surface area (Å²) in [6.45, 7) is 0. The van der Waals surface area contributed by atoms with Crippen LogP contribution in [0.4, 0.5) is 0 Å². The van der Waals surface area contributed by atoms with Gasteiger partial charge in [-0.25, -0.2) is 0 Å². The summed E-state index contributed by atoms with van der Waals surface area (Å²) in [4.78, 5) is 0. The molecule has 1 fully saturated rings. The lowest BCUT2D eigenvalue weighted by Crippen LogP contribution is -2.22. The third-order valence-corrected chi connectivity index (χ3v) is 3.42. The number of halogens is 1. The molecular formula is C9H14BrN3. The minimum atomic E-state index is 0.143. The number of hydrogen-bond donors (Lipinski definition) is 1. The molecule has 13 heavy (non-hydrogen) atoms. The van der Waals surface area contributed by atoms with Crippen LogP contribution in [0.1, 0.15) is 25.0 Å². The van der Waals surface area contributed by atoms with Crippen LogP contribution in [0.25, 0.3) is 0 Å². The summed E-state index contributed by atoms with van der Waals surface area (Å²) in [5.74, 6) is 0. The zero-order valence-electron chi connectivity index (χ0n) is 7.76. The maximum Gasteiger partial charge on any atom is 0.0635 e. The summed E-state index contributed by atoms with van der Waals surface area (Å²) < 4.78 is 3.01. The largest absolute Gasteiger partial charge is 0.325 e. The van der Waals surface area contributed by atoms with Crippen molar-refractivity contribution in [3.8, 4) is 0 Å². The van der Waals surface area contributed by atoms with Crippen molar-refractivity contribution in [2.24, 2.45) is 12.8 Å². The molecule has 1 aromatic heterocycles. The molecule has 0 unspecified atom stereocenters. The average Bonchev–Trinajstić information content (AvgIpc) is 2.72. The summed E-state index contributed by atoms with van der Waals surface area (Å²) >= 11 is 3.48. The molecule has 3 nitrogen and oxygen atoms in total. The molecule has 0 amide bonds. The number of rotatable bonds is 3. The van der Waals surface area contributed by atoms with E-state index in [0.29, 0.717) is 0 Å². The van der Waals surface area contributed by atoms with Crippen molar-refractivity contribution in [3.63, 3.8) is 0 Å². The van der Waals surface area contributed by atoms with Crippen molar-refractivity contribution in [1.29, 1.82) is 0 Å². The summed E-state index contributed by atoms with van der Waals surface area (Å²) in [5.41, 5.74) is 7.41. The molecular weight excluding hydrogens is 230 g/mol. The van der Waals surface area contributed by atoms with Gasteiger partial charge in [0.05, 0.1) is 16.4 Å². The van der Waals surface area contributed by atoms with Crippen LogP contribution in [-0.4, -0.2) is 15.3 Å². The van der Waals surface area contributed by atoms with Gasteiger partial charge in [0.25, 0.3) is 0 Å². The van der Waals surface area contributed by atoms with Crippen LogP contribution in [0.5, 0.6) is 0 Å². The number of aromatic nitrogens is 2. The normalized spacial score (nSPS) is 19.0. The summed E-state index contributed by atoms with van der Waals surface area (Å²) in [5, 5.41) is 4.17. The van der Waals surface area contributed by atoms with E-state index in [-0.39, 0.29) is 5.54 Å². The first kappa shape index (κ1) is 9.21. The lowest BCUT2D eigenvalue weighted by molar-refractivity contribution is 0.582. The monoisotopic (exact) mass is 243 g/mol. The Morgan fingerprint density at radius 1 is 1.69 bits per heavy atom. The van der Waals surface area contributed by atoms with E-state index in [1.807, 2.05) is 17.9 Å². The first-order valence-electron chi connectivity index (χ1n) is 4.56. The van der Waals surface area contributed by atoms with Gasteiger partial charge in [-0.15, -0.1) is 0 Å². The Morgan fingerprint density at radius 2 is 2.38 bits per heavy atom.